The zero-order valence-electron chi connectivity index (χ0n) is 9.36. The predicted molar refractivity (Wildman–Crippen MR) is 56.6 cm³/mol. The summed E-state index contributed by atoms with van der Waals surface area (Å²) in [5, 5.41) is 7.16. The molecule has 1 aliphatic heterocycles. The van der Waals surface area contributed by atoms with E-state index in [1.165, 1.54) is 0 Å². The topological polar surface area (TPSA) is 54.2 Å². The molecule has 2 heterocycles. The lowest BCUT2D eigenvalue weighted by Gasteiger charge is -2.33. The van der Waals surface area contributed by atoms with Crippen LogP contribution in [-0.4, -0.2) is 47.3 Å². The van der Waals surface area contributed by atoms with Gasteiger partial charge in [-0.2, -0.15) is 4.98 Å². The second-order valence-corrected chi connectivity index (χ2v) is 4.07. The van der Waals surface area contributed by atoms with Crippen molar-refractivity contribution >= 4 is 0 Å². The van der Waals surface area contributed by atoms with Gasteiger partial charge in [0.2, 0.25) is 5.89 Å². The van der Waals surface area contributed by atoms with Gasteiger partial charge >= 0.3 is 0 Å². The molecule has 1 aromatic heterocycles. The molecular formula is C10H18N4O. The Morgan fingerprint density at radius 2 is 2.47 bits per heavy atom. The first-order valence-corrected chi connectivity index (χ1v) is 5.49. The van der Waals surface area contributed by atoms with Crippen LogP contribution in [0.25, 0.3) is 0 Å². The van der Waals surface area contributed by atoms with Gasteiger partial charge in [0.25, 0.3) is 0 Å². The van der Waals surface area contributed by atoms with E-state index in [0.717, 1.165) is 44.3 Å². The monoisotopic (exact) mass is 210 g/mol. The third-order valence-corrected chi connectivity index (χ3v) is 2.82. The molecule has 84 valence electrons. The molecule has 1 N–H and O–H groups in total. The van der Waals surface area contributed by atoms with Gasteiger partial charge in [0.1, 0.15) is 0 Å². The lowest BCUT2D eigenvalue weighted by Crippen LogP contribution is -2.50. The molecule has 5 heteroatoms. The van der Waals surface area contributed by atoms with Gasteiger partial charge in [-0.1, -0.05) is 5.16 Å². The minimum Gasteiger partial charge on any atom is -0.339 e. The van der Waals surface area contributed by atoms with Crippen LogP contribution in [0.1, 0.15) is 18.6 Å². The Morgan fingerprint density at radius 1 is 1.60 bits per heavy atom. The maximum absolute atomic E-state index is 5.09. The van der Waals surface area contributed by atoms with Gasteiger partial charge in [-0.3, -0.25) is 4.90 Å². The van der Waals surface area contributed by atoms with Crippen LogP contribution in [0.4, 0.5) is 0 Å². The van der Waals surface area contributed by atoms with Crippen LogP contribution < -0.4 is 5.32 Å². The van der Waals surface area contributed by atoms with Crippen molar-refractivity contribution in [3.05, 3.63) is 11.7 Å². The maximum Gasteiger partial charge on any atom is 0.227 e. The molecule has 0 spiro atoms. The zero-order valence-corrected chi connectivity index (χ0v) is 9.36. The third-order valence-electron chi connectivity index (χ3n) is 2.82. The molecule has 1 fully saturated rings. The molecule has 5 nitrogen and oxygen atoms in total. The van der Waals surface area contributed by atoms with E-state index in [-0.39, 0.29) is 0 Å². The van der Waals surface area contributed by atoms with Gasteiger partial charge < -0.3 is 9.84 Å². The fourth-order valence-corrected chi connectivity index (χ4v) is 1.90. The summed E-state index contributed by atoms with van der Waals surface area (Å²) in [6, 6.07) is 0.600. The molecule has 1 atom stereocenters. The van der Waals surface area contributed by atoms with Crippen molar-refractivity contribution in [3.63, 3.8) is 0 Å². The van der Waals surface area contributed by atoms with Gasteiger partial charge in [0.15, 0.2) is 5.82 Å². The fourth-order valence-electron chi connectivity index (χ4n) is 1.90. The number of aryl methyl sites for hydroxylation is 1. The van der Waals surface area contributed by atoms with E-state index in [0.29, 0.717) is 6.04 Å². The first-order chi connectivity index (χ1) is 7.25. The predicted octanol–water partition coefficient (Wildman–Crippen LogP) is 0.214. The second kappa shape index (κ2) is 4.72. The van der Waals surface area contributed by atoms with Gasteiger partial charge in [0.05, 0.1) is 0 Å². The van der Waals surface area contributed by atoms with E-state index in [1.807, 2.05) is 6.92 Å². The van der Waals surface area contributed by atoms with E-state index in [1.54, 1.807) is 0 Å². The number of nitrogens with zero attached hydrogens (tertiary/aromatic N) is 3. The van der Waals surface area contributed by atoms with E-state index < -0.39 is 0 Å². The summed E-state index contributed by atoms with van der Waals surface area (Å²) in [6.45, 7) is 8.35. The van der Waals surface area contributed by atoms with Crippen LogP contribution in [0.15, 0.2) is 4.52 Å². The number of piperazine rings is 1. The zero-order chi connectivity index (χ0) is 10.7. The maximum atomic E-state index is 5.09. The minimum absolute atomic E-state index is 0.600. The van der Waals surface area contributed by atoms with Crippen LogP contribution >= 0.6 is 0 Å². The summed E-state index contributed by atoms with van der Waals surface area (Å²) in [5.74, 6) is 1.47. The molecule has 1 aliphatic rings. The molecule has 0 aromatic carbocycles. The largest absolute Gasteiger partial charge is 0.339 e. The number of hydrogen-bond donors (Lipinski definition) is 1. The molecule has 0 amide bonds. The van der Waals surface area contributed by atoms with E-state index in [2.05, 4.69) is 27.3 Å². The van der Waals surface area contributed by atoms with Crippen LogP contribution in [0.5, 0.6) is 0 Å². The summed E-state index contributed by atoms with van der Waals surface area (Å²) in [7, 11) is 0. The average Bonchev–Trinajstić information content (AvgIpc) is 2.63. The Kier molecular flexibility index (Phi) is 3.33. The Morgan fingerprint density at radius 3 is 3.13 bits per heavy atom. The average molecular weight is 210 g/mol. The Labute approximate surface area is 89.8 Å². The summed E-state index contributed by atoms with van der Waals surface area (Å²) in [5.41, 5.74) is 0. The molecule has 0 aliphatic carbocycles. The Bertz CT molecular complexity index is 312. The summed E-state index contributed by atoms with van der Waals surface area (Å²) >= 11 is 0. The molecule has 1 saturated heterocycles. The molecule has 1 unspecified atom stereocenters. The van der Waals surface area contributed by atoms with Crippen LogP contribution in [0.2, 0.25) is 0 Å². The van der Waals surface area contributed by atoms with Crippen molar-refractivity contribution in [1.82, 2.24) is 20.4 Å². The number of hydrogen-bond acceptors (Lipinski definition) is 5. The molecule has 0 saturated carbocycles. The van der Waals surface area contributed by atoms with Crippen molar-refractivity contribution < 1.29 is 4.52 Å². The molecule has 1 aromatic rings. The lowest BCUT2D eigenvalue weighted by molar-refractivity contribution is 0.171. The van der Waals surface area contributed by atoms with Gasteiger partial charge in [-0.05, 0) is 13.8 Å². The third kappa shape index (κ3) is 2.76. The lowest BCUT2D eigenvalue weighted by atomic mass is 10.2. The van der Waals surface area contributed by atoms with Crippen molar-refractivity contribution in [2.45, 2.75) is 26.3 Å². The highest BCUT2D eigenvalue weighted by Gasteiger charge is 2.18. The first-order valence-electron chi connectivity index (χ1n) is 5.49. The number of nitrogens with one attached hydrogen (secondary N) is 1. The quantitative estimate of drug-likeness (QED) is 0.773. The normalized spacial score (nSPS) is 23.2. The van der Waals surface area contributed by atoms with Crippen molar-refractivity contribution in [1.29, 1.82) is 0 Å². The smallest absolute Gasteiger partial charge is 0.227 e. The van der Waals surface area contributed by atoms with E-state index in [9.17, 15) is 0 Å². The van der Waals surface area contributed by atoms with E-state index in [4.69, 9.17) is 4.52 Å². The highest BCUT2D eigenvalue weighted by molar-refractivity contribution is 4.85. The SMILES string of the molecule is Cc1noc(CCN2CCNCC2C)n1. The Hall–Kier alpha value is -0.940. The van der Waals surface area contributed by atoms with Gasteiger partial charge in [0, 0.05) is 38.6 Å². The molecule has 15 heavy (non-hydrogen) atoms. The van der Waals surface area contributed by atoms with Crippen LogP contribution in [0.3, 0.4) is 0 Å². The molecule has 0 radical (unpaired) electrons. The van der Waals surface area contributed by atoms with Gasteiger partial charge in [-0.25, -0.2) is 0 Å². The summed E-state index contributed by atoms with van der Waals surface area (Å²) in [4.78, 5) is 6.65. The summed E-state index contributed by atoms with van der Waals surface area (Å²) in [6.07, 6.45) is 0.852. The number of aromatic nitrogens is 2. The highest BCUT2D eigenvalue weighted by atomic mass is 16.5. The first kappa shape index (κ1) is 10.6. The molecular weight excluding hydrogens is 192 g/mol. The molecule has 0 bridgehead atoms. The van der Waals surface area contributed by atoms with Crippen molar-refractivity contribution in [2.24, 2.45) is 0 Å². The Balaban J connectivity index is 1.81. The standard InChI is InChI=1S/C10H18N4O/c1-8-7-11-4-6-14(8)5-3-10-12-9(2)13-15-10/h8,11H,3-7H2,1-2H3. The van der Waals surface area contributed by atoms with Gasteiger partial charge in [-0.15, -0.1) is 0 Å². The van der Waals surface area contributed by atoms with Crippen LogP contribution in [-0.2, 0) is 6.42 Å². The minimum atomic E-state index is 0.600. The number of rotatable bonds is 3. The van der Waals surface area contributed by atoms with Crippen molar-refractivity contribution in [3.8, 4) is 0 Å². The van der Waals surface area contributed by atoms with E-state index >= 15 is 0 Å². The van der Waals surface area contributed by atoms with Crippen molar-refractivity contribution in [2.75, 3.05) is 26.2 Å². The highest BCUT2D eigenvalue weighted by Crippen LogP contribution is 2.05. The fraction of sp³-hybridized carbons (Fsp3) is 0.800. The molecule has 2 rings (SSSR count). The van der Waals surface area contributed by atoms with Crippen LogP contribution in [0, 0.1) is 6.92 Å². The second-order valence-electron chi connectivity index (χ2n) is 4.07. The summed E-state index contributed by atoms with van der Waals surface area (Å²) < 4.78 is 5.09.